The molecule has 0 bridgehead atoms. The van der Waals surface area contributed by atoms with Crippen LogP contribution in [0.15, 0.2) is 48.5 Å². The van der Waals surface area contributed by atoms with Crippen molar-refractivity contribution in [2.24, 2.45) is 0 Å². The highest BCUT2D eigenvalue weighted by molar-refractivity contribution is 6.11. The summed E-state index contributed by atoms with van der Waals surface area (Å²) < 4.78 is 5.16. The molecule has 1 aliphatic heterocycles. The van der Waals surface area contributed by atoms with Gasteiger partial charge in [0.2, 0.25) is 5.91 Å². The quantitative estimate of drug-likeness (QED) is 0.302. The second-order valence-electron chi connectivity index (χ2n) is 8.71. The predicted octanol–water partition coefficient (Wildman–Crippen LogP) is 2.89. The second kappa shape index (κ2) is 11.0. The minimum absolute atomic E-state index is 0.0572. The number of rotatable bonds is 11. The molecule has 2 aromatic carbocycles. The lowest BCUT2D eigenvalue weighted by Crippen LogP contribution is -2.44. The normalized spacial score (nSPS) is 17.4. The van der Waals surface area contributed by atoms with Crippen molar-refractivity contribution < 1.29 is 23.9 Å². The maximum atomic E-state index is 13.0. The van der Waals surface area contributed by atoms with Crippen LogP contribution in [0.3, 0.4) is 0 Å². The first-order valence-corrected chi connectivity index (χ1v) is 11.4. The van der Waals surface area contributed by atoms with Gasteiger partial charge in [0.25, 0.3) is 5.91 Å². The van der Waals surface area contributed by atoms with Gasteiger partial charge >= 0.3 is 6.03 Å². The molecule has 1 fully saturated rings. The van der Waals surface area contributed by atoms with E-state index >= 15 is 0 Å². The second-order valence-corrected chi connectivity index (χ2v) is 8.71. The van der Waals surface area contributed by atoms with Crippen molar-refractivity contribution in [1.82, 2.24) is 15.5 Å². The number of amides is 4. The standard InChI is InChI=1S/C26H31N3O5/c1-18(30)27-16-4-5-19-6-10-21(11-7-19)23(31)17-29-24(32)26(2,28-25(29)33)15-14-20-8-12-22(34-3)13-9-20/h6-13H,4-5,14-17H2,1-3H3,(H,27,30)(H,28,33). The number of aryl methyl sites for hydroxylation is 2. The maximum absolute atomic E-state index is 13.0. The Morgan fingerprint density at radius 1 is 1.00 bits per heavy atom. The van der Waals surface area contributed by atoms with E-state index in [0.717, 1.165) is 34.6 Å². The van der Waals surface area contributed by atoms with Gasteiger partial charge in [-0.15, -0.1) is 0 Å². The number of methoxy groups -OCH3 is 1. The summed E-state index contributed by atoms with van der Waals surface area (Å²) in [7, 11) is 1.60. The fraction of sp³-hybridized carbons (Fsp3) is 0.385. The maximum Gasteiger partial charge on any atom is 0.325 e. The van der Waals surface area contributed by atoms with Crippen molar-refractivity contribution in [1.29, 1.82) is 0 Å². The van der Waals surface area contributed by atoms with Gasteiger partial charge in [-0.25, -0.2) is 4.79 Å². The first kappa shape index (κ1) is 25.0. The number of imide groups is 1. The number of Topliss-reactive ketones (excluding diaryl/α,β-unsaturated/α-hetero) is 1. The van der Waals surface area contributed by atoms with Crippen LogP contribution < -0.4 is 15.4 Å². The molecular formula is C26H31N3O5. The van der Waals surface area contributed by atoms with E-state index in [2.05, 4.69) is 10.6 Å². The number of carbonyl (C=O) groups is 4. The fourth-order valence-corrected chi connectivity index (χ4v) is 3.90. The van der Waals surface area contributed by atoms with Crippen molar-refractivity contribution in [2.45, 2.75) is 45.1 Å². The van der Waals surface area contributed by atoms with E-state index in [9.17, 15) is 19.2 Å². The highest BCUT2D eigenvalue weighted by Gasteiger charge is 2.47. The number of hydrogen-bond acceptors (Lipinski definition) is 5. The van der Waals surface area contributed by atoms with Crippen LogP contribution in [0.5, 0.6) is 5.75 Å². The van der Waals surface area contributed by atoms with Crippen molar-refractivity contribution in [3.63, 3.8) is 0 Å². The average Bonchev–Trinajstić information content (AvgIpc) is 3.04. The lowest BCUT2D eigenvalue weighted by Gasteiger charge is -2.21. The molecule has 2 aromatic rings. The molecule has 1 saturated heterocycles. The Hall–Kier alpha value is -3.68. The first-order valence-electron chi connectivity index (χ1n) is 11.4. The van der Waals surface area contributed by atoms with Gasteiger partial charge in [-0.1, -0.05) is 36.4 Å². The van der Waals surface area contributed by atoms with E-state index < -0.39 is 17.5 Å². The molecule has 0 aliphatic carbocycles. The van der Waals surface area contributed by atoms with E-state index in [-0.39, 0.29) is 18.2 Å². The summed E-state index contributed by atoms with van der Waals surface area (Å²) in [6.45, 7) is 3.47. The number of urea groups is 1. The molecule has 0 radical (unpaired) electrons. The molecule has 3 rings (SSSR count). The van der Waals surface area contributed by atoms with E-state index in [4.69, 9.17) is 4.74 Å². The molecule has 34 heavy (non-hydrogen) atoms. The monoisotopic (exact) mass is 465 g/mol. The highest BCUT2D eigenvalue weighted by Crippen LogP contribution is 2.24. The van der Waals surface area contributed by atoms with Gasteiger partial charge in [-0.05, 0) is 55.9 Å². The van der Waals surface area contributed by atoms with E-state index in [1.165, 1.54) is 6.92 Å². The van der Waals surface area contributed by atoms with Crippen LogP contribution in [0.1, 0.15) is 48.2 Å². The Bertz CT molecular complexity index is 1050. The van der Waals surface area contributed by atoms with Crippen molar-refractivity contribution in [3.8, 4) is 5.75 Å². The zero-order chi connectivity index (χ0) is 24.7. The lowest BCUT2D eigenvalue weighted by molar-refractivity contribution is -0.130. The van der Waals surface area contributed by atoms with Gasteiger partial charge in [0, 0.05) is 19.0 Å². The Kier molecular flexibility index (Phi) is 8.04. The molecule has 0 aromatic heterocycles. The number of carbonyl (C=O) groups excluding carboxylic acids is 4. The third-order valence-corrected chi connectivity index (χ3v) is 6.01. The summed E-state index contributed by atoms with van der Waals surface area (Å²) in [5.74, 6) is 0.00263. The molecule has 0 spiro atoms. The largest absolute Gasteiger partial charge is 0.497 e. The summed E-state index contributed by atoms with van der Waals surface area (Å²) in [6, 6.07) is 14.1. The molecule has 8 heteroatoms. The van der Waals surface area contributed by atoms with E-state index in [1.807, 2.05) is 36.4 Å². The van der Waals surface area contributed by atoms with Crippen molar-refractivity contribution in [3.05, 3.63) is 65.2 Å². The molecule has 4 amide bonds. The number of benzene rings is 2. The minimum Gasteiger partial charge on any atom is -0.497 e. The molecule has 1 heterocycles. The zero-order valence-electron chi connectivity index (χ0n) is 19.8. The van der Waals surface area contributed by atoms with Gasteiger partial charge in [0.15, 0.2) is 5.78 Å². The van der Waals surface area contributed by atoms with Crippen LogP contribution >= 0.6 is 0 Å². The predicted molar refractivity (Wildman–Crippen MR) is 128 cm³/mol. The first-order chi connectivity index (χ1) is 16.2. The number of hydrogen-bond donors (Lipinski definition) is 2. The molecule has 1 aliphatic rings. The van der Waals surface area contributed by atoms with Crippen LogP contribution in [0.4, 0.5) is 4.79 Å². The third-order valence-electron chi connectivity index (χ3n) is 6.01. The third kappa shape index (κ3) is 6.21. The Morgan fingerprint density at radius 3 is 2.24 bits per heavy atom. The van der Waals surface area contributed by atoms with E-state index in [1.54, 1.807) is 26.2 Å². The molecule has 2 N–H and O–H groups in total. The zero-order valence-corrected chi connectivity index (χ0v) is 19.8. The van der Waals surface area contributed by atoms with Crippen LogP contribution in [-0.4, -0.2) is 54.3 Å². The smallest absolute Gasteiger partial charge is 0.325 e. The highest BCUT2D eigenvalue weighted by atomic mass is 16.5. The summed E-state index contributed by atoms with van der Waals surface area (Å²) >= 11 is 0. The average molecular weight is 466 g/mol. The summed E-state index contributed by atoms with van der Waals surface area (Å²) in [6.07, 6.45) is 2.58. The molecule has 1 unspecified atom stereocenters. The van der Waals surface area contributed by atoms with Crippen LogP contribution in [-0.2, 0) is 22.4 Å². The van der Waals surface area contributed by atoms with E-state index in [0.29, 0.717) is 24.9 Å². The van der Waals surface area contributed by atoms with Gasteiger partial charge < -0.3 is 15.4 Å². The van der Waals surface area contributed by atoms with Crippen molar-refractivity contribution >= 4 is 23.6 Å². The fourth-order valence-electron chi connectivity index (χ4n) is 3.90. The van der Waals surface area contributed by atoms with Crippen LogP contribution in [0.25, 0.3) is 0 Å². The van der Waals surface area contributed by atoms with Gasteiger partial charge in [0.1, 0.15) is 11.3 Å². The molecular weight excluding hydrogens is 434 g/mol. The number of ether oxygens (including phenoxy) is 1. The molecule has 0 saturated carbocycles. The van der Waals surface area contributed by atoms with Gasteiger partial charge in [0.05, 0.1) is 13.7 Å². The van der Waals surface area contributed by atoms with Gasteiger partial charge in [-0.3, -0.25) is 19.3 Å². The van der Waals surface area contributed by atoms with Gasteiger partial charge in [-0.2, -0.15) is 0 Å². The SMILES string of the molecule is COc1ccc(CCC2(C)NC(=O)N(CC(=O)c3ccc(CCCNC(C)=O)cc3)C2=O)cc1. The Labute approximate surface area is 199 Å². The Morgan fingerprint density at radius 2 is 1.62 bits per heavy atom. The molecule has 8 nitrogen and oxygen atoms in total. The minimum atomic E-state index is -1.06. The van der Waals surface area contributed by atoms with Crippen LogP contribution in [0, 0.1) is 0 Å². The number of ketones is 1. The van der Waals surface area contributed by atoms with Crippen molar-refractivity contribution in [2.75, 3.05) is 20.2 Å². The summed E-state index contributed by atoms with van der Waals surface area (Å²) in [5.41, 5.74) is 1.45. The lowest BCUT2D eigenvalue weighted by atomic mass is 9.93. The summed E-state index contributed by atoms with van der Waals surface area (Å²) in [5, 5.41) is 5.51. The Balaban J connectivity index is 1.55. The molecule has 180 valence electrons. The topological polar surface area (TPSA) is 105 Å². The van der Waals surface area contributed by atoms with Crippen LogP contribution in [0.2, 0.25) is 0 Å². The number of nitrogens with one attached hydrogen (secondary N) is 2. The summed E-state index contributed by atoms with van der Waals surface area (Å²) in [4.78, 5) is 50.2. The molecule has 1 atom stereocenters. The number of nitrogens with zero attached hydrogens (tertiary/aromatic N) is 1.